The summed E-state index contributed by atoms with van der Waals surface area (Å²) in [6, 6.07) is 5.15. The SMILES string of the molecule is CC1(C)[C@H](NC(=O)/C(=N\O[C@@H](COc2ccc(C(=N)NC3CNC3)cc2)C(=O)O)c2nsc(N)n2)C(=O)N1OS(=O)(=O)O. The predicted octanol–water partition coefficient (Wildman–Crippen LogP) is -1.90. The van der Waals surface area contributed by atoms with Crippen LogP contribution in [0.2, 0.25) is 0 Å². The Balaban J connectivity index is 1.43. The number of benzene rings is 1. The van der Waals surface area contributed by atoms with Gasteiger partial charge in [-0.05, 0) is 38.1 Å². The Morgan fingerprint density at radius 2 is 1.98 bits per heavy atom. The maximum Gasteiger partial charge on any atom is 0.418 e. The number of β-lactam (4-membered cyclic amide) rings is 1. The van der Waals surface area contributed by atoms with Gasteiger partial charge in [0.15, 0.2) is 5.13 Å². The second-order valence-electron chi connectivity index (χ2n) is 9.73. The molecule has 0 radical (unpaired) electrons. The summed E-state index contributed by atoms with van der Waals surface area (Å²) in [5.41, 5.74) is 4.11. The van der Waals surface area contributed by atoms with Gasteiger partial charge in [-0.15, -0.1) is 4.28 Å². The van der Waals surface area contributed by atoms with Crippen molar-refractivity contribution in [2.75, 3.05) is 25.4 Å². The van der Waals surface area contributed by atoms with Crippen LogP contribution in [0, 0.1) is 5.41 Å². The number of rotatable bonds is 13. The highest BCUT2D eigenvalue weighted by Crippen LogP contribution is 2.32. The predicted molar refractivity (Wildman–Crippen MR) is 147 cm³/mol. The Hall–Kier alpha value is -4.44. The third kappa shape index (κ3) is 7.50. The molecular weight excluding hydrogens is 614 g/mol. The van der Waals surface area contributed by atoms with Crippen LogP contribution in [0.15, 0.2) is 29.4 Å². The molecule has 0 bridgehead atoms. The summed E-state index contributed by atoms with van der Waals surface area (Å²) >= 11 is 0.702. The average molecular weight is 642 g/mol. The molecule has 2 fully saturated rings. The number of anilines is 1. The van der Waals surface area contributed by atoms with Crippen LogP contribution in [-0.4, -0.2) is 105 Å². The van der Waals surface area contributed by atoms with Crippen molar-refractivity contribution in [3.63, 3.8) is 0 Å². The molecule has 0 unspecified atom stereocenters. The lowest BCUT2D eigenvalue weighted by atomic mass is 9.84. The lowest BCUT2D eigenvalue weighted by Gasteiger charge is -2.50. The fraction of sp³-hybridized carbons (Fsp3) is 0.409. The summed E-state index contributed by atoms with van der Waals surface area (Å²) in [7, 11) is -5.02. The van der Waals surface area contributed by atoms with Crippen molar-refractivity contribution in [3.05, 3.63) is 35.7 Å². The van der Waals surface area contributed by atoms with Crippen LogP contribution in [-0.2, 0) is 33.9 Å². The molecule has 2 atom stereocenters. The van der Waals surface area contributed by atoms with E-state index in [1.54, 1.807) is 24.3 Å². The number of nitrogen functional groups attached to an aromatic ring is 1. The minimum Gasteiger partial charge on any atom is -0.489 e. The summed E-state index contributed by atoms with van der Waals surface area (Å²) in [5, 5.41) is 30.1. The number of hydrogen-bond acceptors (Lipinski definition) is 15. The zero-order valence-corrected chi connectivity index (χ0v) is 24.1. The normalized spacial score (nSPS) is 19.0. The summed E-state index contributed by atoms with van der Waals surface area (Å²) < 4.78 is 44.6. The van der Waals surface area contributed by atoms with E-state index in [0.717, 1.165) is 13.1 Å². The molecule has 2 aliphatic heterocycles. The van der Waals surface area contributed by atoms with Crippen LogP contribution < -0.4 is 26.4 Å². The number of oxime groups is 1. The lowest BCUT2D eigenvalue weighted by molar-refractivity contribution is -0.218. The summed E-state index contributed by atoms with van der Waals surface area (Å²) in [5.74, 6) is -3.44. The third-order valence-corrected chi connectivity index (χ3v) is 7.09. The fourth-order valence-corrected chi connectivity index (χ4v) is 4.65. The van der Waals surface area contributed by atoms with Gasteiger partial charge in [-0.1, -0.05) is 5.16 Å². The molecule has 19 nitrogen and oxygen atoms in total. The van der Waals surface area contributed by atoms with Gasteiger partial charge in [-0.25, -0.2) is 4.79 Å². The van der Waals surface area contributed by atoms with Gasteiger partial charge in [0.05, 0.1) is 11.6 Å². The molecule has 0 spiro atoms. The van der Waals surface area contributed by atoms with Gasteiger partial charge < -0.3 is 36.4 Å². The summed E-state index contributed by atoms with van der Waals surface area (Å²) in [4.78, 5) is 46.3. The first kappa shape index (κ1) is 31.5. The second kappa shape index (κ2) is 12.4. The van der Waals surface area contributed by atoms with Gasteiger partial charge in [-0.3, -0.25) is 19.6 Å². The van der Waals surface area contributed by atoms with Crippen molar-refractivity contribution in [2.24, 2.45) is 5.16 Å². The Morgan fingerprint density at radius 3 is 2.49 bits per heavy atom. The van der Waals surface area contributed by atoms with Crippen molar-refractivity contribution in [3.8, 4) is 5.75 Å². The number of hydrogen-bond donors (Lipinski definition) is 7. The summed E-state index contributed by atoms with van der Waals surface area (Å²) in [6.07, 6.45) is -1.72. The van der Waals surface area contributed by atoms with Crippen LogP contribution in [0.5, 0.6) is 5.75 Å². The molecule has 1 aromatic carbocycles. The molecule has 1 aromatic heterocycles. The number of carbonyl (C=O) groups excluding carboxylic acids is 2. The Labute approximate surface area is 248 Å². The van der Waals surface area contributed by atoms with Crippen LogP contribution in [0.1, 0.15) is 25.2 Å². The summed E-state index contributed by atoms with van der Waals surface area (Å²) in [6.45, 7) is 3.66. The van der Waals surface area contributed by atoms with Gasteiger partial charge in [0, 0.05) is 30.2 Å². The molecule has 2 aliphatic rings. The number of ether oxygens (including phenoxy) is 1. The minimum atomic E-state index is -5.02. The first-order chi connectivity index (χ1) is 20.2. The Bertz CT molecular complexity index is 1540. The highest BCUT2D eigenvalue weighted by Gasteiger charge is 2.58. The number of nitrogens with zero attached hydrogens (tertiary/aromatic N) is 4. The van der Waals surface area contributed by atoms with Gasteiger partial charge in [-0.2, -0.15) is 22.8 Å². The van der Waals surface area contributed by atoms with E-state index >= 15 is 0 Å². The largest absolute Gasteiger partial charge is 0.489 e. The Morgan fingerprint density at radius 1 is 1.30 bits per heavy atom. The van der Waals surface area contributed by atoms with Gasteiger partial charge in [0.25, 0.3) is 17.9 Å². The van der Waals surface area contributed by atoms with Crippen LogP contribution in [0.4, 0.5) is 5.13 Å². The molecule has 232 valence electrons. The highest BCUT2D eigenvalue weighted by molar-refractivity contribution is 7.80. The second-order valence-corrected chi connectivity index (χ2v) is 11.5. The molecule has 3 heterocycles. The van der Waals surface area contributed by atoms with Crippen LogP contribution >= 0.6 is 11.5 Å². The van der Waals surface area contributed by atoms with Gasteiger partial charge >= 0.3 is 16.4 Å². The number of carboxylic acids is 1. The molecule has 0 aliphatic carbocycles. The molecule has 4 rings (SSSR count). The van der Waals surface area contributed by atoms with E-state index in [-0.39, 0.29) is 28.6 Å². The number of aromatic nitrogens is 2. The topological polar surface area (TPSA) is 281 Å². The average Bonchev–Trinajstić information content (AvgIpc) is 3.34. The number of carboxylic acid groups (broad SMARTS) is 1. The molecule has 8 N–H and O–H groups in total. The number of aliphatic carboxylic acids is 1. The van der Waals surface area contributed by atoms with E-state index in [1.165, 1.54) is 13.8 Å². The highest BCUT2D eigenvalue weighted by atomic mass is 32.3. The Kier molecular flexibility index (Phi) is 9.10. The zero-order valence-electron chi connectivity index (χ0n) is 22.5. The molecule has 0 saturated carbocycles. The van der Waals surface area contributed by atoms with E-state index in [0.29, 0.717) is 22.2 Å². The van der Waals surface area contributed by atoms with E-state index in [4.69, 9.17) is 25.3 Å². The standard InChI is InChI=1S/C22H27N9O10S2/c1-22(2)15(19(33)31(22)41-43(36,37)38)27-18(32)14(17-28-21(24)42-30-17)29-40-13(20(34)35)9-39-12-5-3-10(4-6-12)16(23)26-11-7-25-8-11/h3-6,11,13,15,25H,7-9H2,1-2H3,(H2,23,26)(H,27,32)(H,34,35)(H2,24,28,30)(H,36,37,38)/b29-14-/t13-,15+/m0/s1. The van der Waals surface area contributed by atoms with E-state index in [9.17, 15) is 27.9 Å². The minimum absolute atomic E-state index is 0.0579. The van der Waals surface area contributed by atoms with Crippen LogP contribution in [0.25, 0.3) is 0 Å². The number of nitrogens with one attached hydrogen (secondary N) is 4. The van der Waals surface area contributed by atoms with Crippen LogP contribution in [0.3, 0.4) is 0 Å². The first-order valence-corrected chi connectivity index (χ1v) is 14.5. The lowest BCUT2D eigenvalue weighted by Crippen LogP contribution is -2.76. The number of hydroxylamine groups is 2. The molecule has 2 amide bonds. The van der Waals surface area contributed by atoms with Crippen molar-refractivity contribution in [1.29, 1.82) is 5.41 Å². The maximum atomic E-state index is 13.1. The number of carbonyl (C=O) groups is 3. The zero-order chi connectivity index (χ0) is 31.5. The van der Waals surface area contributed by atoms with Crippen molar-refractivity contribution in [1.82, 2.24) is 30.4 Å². The van der Waals surface area contributed by atoms with Crippen molar-refractivity contribution < 1.29 is 46.3 Å². The van der Waals surface area contributed by atoms with E-state index in [1.807, 2.05) is 0 Å². The van der Waals surface area contributed by atoms with Gasteiger partial charge in [0.2, 0.25) is 11.5 Å². The molecule has 2 aromatic rings. The molecular formula is C22H27N9O10S2. The molecule has 21 heteroatoms. The number of nitrogens with two attached hydrogens (primary N) is 1. The number of amidine groups is 1. The number of amides is 2. The monoisotopic (exact) mass is 641 g/mol. The van der Waals surface area contributed by atoms with E-state index in [2.05, 4.69) is 34.7 Å². The maximum absolute atomic E-state index is 13.1. The quantitative estimate of drug-likeness (QED) is 0.0413. The third-order valence-electron chi connectivity index (χ3n) is 6.21. The molecule has 2 saturated heterocycles. The van der Waals surface area contributed by atoms with Crippen molar-refractivity contribution in [2.45, 2.75) is 37.6 Å². The first-order valence-electron chi connectivity index (χ1n) is 12.3. The van der Waals surface area contributed by atoms with E-state index < -0.39 is 58.2 Å². The fourth-order valence-electron chi connectivity index (χ4n) is 3.77. The molecule has 43 heavy (non-hydrogen) atoms. The van der Waals surface area contributed by atoms with Crippen molar-refractivity contribution >= 4 is 56.4 Å². The van der Waals surface area contributed by atoms with Gasteiger partial charge in [0.1, 0.15) is 24.2 Å². The smallest absolute Gasteiger partial charge is 0.418 e.